The summed E-state index contributed by atoms with van der Waals surface area (Å²) in [5, 5.41) is 9.91. The van der Waals surface area contributed by atoms with Crippen LogP contribution < -0.4 is 4.74 Å². The summed E-state index contributed by atoms with van der Waals surface area (Å²) < 4.78 is 44.4. The van der Waals surface area contributed by atoms with Crippen molar-refractivity contribution in [1.29, 1.82) is 0 Å². The van der Waals surface area contributed by atoms with Crippen molar-refractivity contribution in [2.75, 3.05) is 26.2 Å². The fourth-order valence-corrected chi connectivity index (χ4v) is 3.68. The quantitative estimate of drug-likeness (QED) is 0.595. The van der Waals surface area contributed by atoms with Crippen molar-refractivity contribution in [3.63, 3.8) is 0 Å². The third-order valence-corrected chi connectivity index (χ3v) is 5.47. The number of phenolic OH excluding ortho intramolecular Hbond substituents is 1. The highest BCUT2D eigenvalue weighted by atomic mass is 19.4. The number of amides is 2. The Morgan fingerprint density at radius 2 is 1.35 bits per heavy atom. The Kier molecular flexibility index (Phi) is 6.45. The maximum Gasteiger partial charge on any atom is 0.416 e. The monoisotopic (exact) mass is 470 g/mol. The van der Waals surface area contributed by atoms with Gasteiger partial charge in [-0.1, -0.05) is 24.3 Å². The summed E-state index contributed by atoms with van der Waals surface area (Å²) in [6, 6.07) is 17.0. The predicted octanol–water partition coefficient (Wildman–Crippen LogP) is 4.80. The molecule has 0 unspecified atom stereocenters. The molecule has 0 spiro atoms. The highest BCUT2D eigenvalue weighted by Crippen LogP contribution is 2.33. The van der Waals surface area contributed by atoms with Gasteiger partial charge in [-0.3, -0.25) is 9.59 Å². The first-order valence-electron chi connectivity index (χ1n) is 10.5. The van der Waals surface area contributed by atoms with Crippen molar-refractivity contribution in [2.24, 2.45) is 0 Å². The number of carbonyl (C=O) groups is 2. The van der Waals surface area contributed by atoms with E-state index >= 15 is 0 Å². The molecule has 1 saturated heterocycles. The highest BCUT2D eigenvalue weighted by Gasteiger charge is 2.31. The van der Waals surface area contributed by atoms with Crippen LogP contribution in [0.4, 0.5) is 13.2 Å². The smallest absolute Gasteiger partial charge is 0.416 e. The van der Waals surface area contributed by atoms with E-state index in [4.69, 9.17) is 4.74 Å². The largest absolute Gasteiger partial charge is 0.507 e. The van der Waals surface area contributed by atoms with Crippen molar-refractivity contribution >= 4 is 11.8 Å². The van der Waals surface area contributed by atoms with E-state index in [9.17, 15) is 27.9 Å². The van der Waals surface area contributed by atoms with E-state index in [2.05, 4.69) is 0 Å². The molecule has 0 radical (unpaired) electrons. The van der Waals surface area contributed by atoms with Crippen LogP contribution in [-0.4, -0.2) is 52.9 Å². The second kappa shape index (κ2) is 9.46. The van der Waals surface area contributed by atoms with E-state index in [0.29, 0.717) is 31.7 Å². The Hall–Kier alpha value is -4.01. The van der Waals surface area contributed by atoms with Gasteiger partial charge < -0.3 is 19.6 Å². The van der Waals surface area contributed by atoms with Gasteiger partial charge in [-0.15, -0.1) is 0 Å². The standard InChI is InChI=1S/C25H21F3N2O4/c26-25(27,28)18-6-4-8-20(16-18)34-19-7-3-5-17(15-19)23(32)29-11-13-30(14-12-29)24(33)21-9-1-2-10-22(21)31/h1-10,15-16,31H,11-14H2. The molecule has 4 rings (SSSR count). The average molecular weight is 470 g/mol. The lowest BCUT2D eigenvalue weighted by atomic mass is 10.1. The Bertz CT molecular complexity index is 1200. The van der Waals surface area contributed by atoms with Crippen LogP contribution in [0.5, 0.6) is 17.2 Å². The summed E-state index contributed by atoms with van der Waals surface area (Å²) in [6.07, 6.45) is -4.49. The zero-order valence-electron chi connectivity index (χ0n) is 18.0. The van der Waals surface area contributed by atoms with Crippen LogP contribution in [0, 0.1) is 0 Å². The number of hydrogen-bond acceptors (Lipinski definition) is 4. The van der Waals surface area contributed by atoms with Gasteiger partial charge in [0, 0.05) is 31.7 Å². The van der Waals surface area contributed by atoms with Crippen molar-refractivity contribution in [1.82, 2.24) is 9.80 Å². The number of ether oxygens (including phenoxy) is 1. The van der Waals surface area contributed by atoms with Crippen LogP contribution in [0.15, 0.2) is 72.8 Å². The Morgan fingerprint density at radius 3 is 2.00 bits per heavy atom. The summed E-state index contributed by atoms with van der Waals surface area (Å²) >= 11 is 0. The minimum Gasteiger partial charge on any atom is -0.507 e. The molecule has 6 nitrogen and oxygen atoms in total. The summed E-state index contributed by atoms with van der Waals surface area (Å²) in [6.45, 7) is 1.21. The first-order chi connectivity index (χ1) is 16.2. The minimum absolute atomic E-state index is 0.00992. The van der Waals surface area contributed by atoms with Gasteiger partial charge in [0.05, 0.1) is 11.1 Å². The topological polar surface area (TPSA) is 70.1 Å². The molecule has 176 valence electrons. The number of hydrogen-bond donors (Lipinski definition) is 1. The number of halogens is 3. The molecule has 1 aliphatic rings. The molecule has 0 saturated carbocycles. The summed E-state index contributed by atoms with van der Waals surface area (Å²) in [7, 11) is 0. The number of piperazine rings is 1. The molecule has 9 heteroatoms. The molecule has 3 aromatic carbocycles. The summed E-state index contributed by atoms with van der Waals surface area (Å²) in [5.41, 5.74) is -0.292. The van der Waals surface area contributed by atoms with Gasteiger partial charge in [-0.2, -0.15) is 13.2 Å². The van der Waals surface area contributed by atoms with E-state index in [-0.39, 0.29) is 34.6 Å². The van der Waals surface area contributed by atoms with E-state index < -0.39 is 11.7 Å². The van der Waals surface area contributed by atoms with Gasteiger partial charge in [0.25, 0.3) is 11.8 Å². The third kappa shape index (κ3) is 5.14. The van der Waals surface area contributed by atoms with Crippen LogP contribution in [0.1, 0.15) is 26.3 Å². The number of benzene rings is 3. The highest BCUT2D eigenvalue weighted by molar-refractivity contribution is 5.97. The molecule has 0 aromatic heterocycles. The summed E-state index contributed by atoms with van der Waals surface area (Å²) in [5.74, 6) is -0.427. The first kappa shape index (κ1) is 23.2. The SMILES string of the molecule is O=C(c1cccc(Oc2cccc(C(F)(F)F)c2)c1)N1CCN(C(=O)c2ccccc2O)CC1. The first-order valence-corrected chi connectivity index (χ1v) is 10.5. The zero-order valence-corrected chi connectivity index (χ0v) is 18.0. The van der Waals surface area contributed by atoms with Gasteiger partial charge in [-0.05, 0) is 48.5 Å². The number of carbonyl (C=O) groups excluding carboxylic acids is 2. The molecule has 3 aromatic rings. The third-order valence-electron chi connectivity index (χ3n) is 5.47. The lowest BCUT2D eigenvalue weighted by Crippen LogP contribution is -2.50. The number of alkyl halides is 3. The number of para-hydroxylation sites is 1. The molecule has 1 N–H and O–H groups in total. The number of phenols is 1. The predicted molar refractivity (Wildman–Crippen MR) is 118 cm³/mol. The molecule has 1 fully saturated rings. The number of rotatable bonds is 4. The fraction of sp³-hybridized carbons (Fsp3) is 0.200. The molecular formula is C25H21F3N2O4. The van der Waals surface area contributed by atoms with E-state index in [0.717, 1.165) is 12.1 Å². The van der Waals surface area contributed by atoms with Crippen LogP contribution in [0.25, 0.3) is 0 Å². The van der Waals surface area contributed by atoms with Crippen molar-refractivity contribution in [3.8, 4) is 17.2 Å². The van der Waals surface area contributed by atoms with Gasteiger partial charge in [0.2, 0.25) is 0 Å². The molecular weight excluding hydrogens is 449 g/mol. The van der Waals surface area contributed by atoms with Crippen LogP contribution in [-0.2, 0) is 6.18 Å². The van der Waals surface area contributed by atoms with E-state index in [1.165, 1.54) is 24.3 Å². The van der Waals surface area contributed by atoms with Crippen LogP contribution in [0.2, 0.25) is 0 Å². The van der Waals surface area contributed by atoms with E-state index in [1.807, 2.05) is 0 Å². The molecule has 34 heavy (non-hydrogen) atoms. The van der Waals surface area contributed by atoms with Crippen molar-refractivity contribution in [3.05, 3.63) is 89.5 Å². The van der Waals surface area contributed by atoms with Crippen molar-refractivity contribution in [2.45, 2.75) is 6.18 Å². The maximum absolute atomic E-state index is 13.0. The second-order valence-electron chi connectivity index (χ2n) is 7.76. The Labute approximate surface area is 193 Å². The van der Waals surface area contributed by atoms with Crippen LogP contribution in [0.3, 0.4) is 0 Å². The number of nitrogens with zero attached hydrogens (tertiary/aromatic N) is 2. The van der Waals surface area contributed by atoms with Gasteiger partial charge in [0.1, 0.15) is 17.2 Å². The van der Waals surface area contributed by atoms with Gasteiger partial charge in [0.15, 0.2) is 0 Å². The molecule has 0 aliphatic carbocycles. The summed E-state index contributed by atoms with van der Waals surface area (Å²) in [4.78, 5) is 28.8. The van der Waals surface area contributed by atoms with Gasteiger partial charge in [-0.25, -0.2) is 0 Å². The molecule has 1 heterocycles. The minimum atomic E-state index is -4.49. The van der Waals surface area contributed by atoms with Gasteiger partial charge >= 0.3 is 6.18 Å². The fourth-order valence-electron chi connectivity index (χ4n) is 3.68. The van der Waals surface area contributed by atoms with Crippen LogP contribution >= 0.6 is 0 Å². The Balaban J connectivity index is 1.40. The number of aromatic hydroxyl groups is 1. The second-order valence-corrected chi connectivity index (χ2v) is 7.76. The maximum atomic E-state index is 13.0. The van der Waals surface area contributed by atoms with Crippen molar-refractivity contribution < 1.29 is 32.6 Å². The lowest BCUT2D eigenvalue weighted by Gasteiger charge is -2.35. The molecule has 0 bridgehead atoms. The van der Waals surface area contributed by atoms with E-state index in [1.54, 1.807) is 46.2 Å². The molecule has 2 amide bonds. The normalized spacial score (nSPS) is 14.1. The average Bonchev–Trinajstić information content (AvgIpc) is 2.83. The lowest BCUT2D eigenvalue weighted by molar-refractivity contribution is -0.137. The molecule has 1 aliphatic heterocycles. The Morgan fingerprint density at radius 1 is 0.765 bits per heavy atom. The molecule has 0 atom stereocenters. The zero-order chi connectivity index (χ0) is 24.3.